The number of nitrogens with zero attached hydrogens (tertiary/aromatic N) is 2. The van der Waals surface area contributed by atoms with E-state index in [0.717, 1.165) is 43.0 Å². The third-order valence-electron chi connectivity index (χ3n) is 4.97. The standard InChI is InChI=1S/C21H26N4O3/c1-15-3-4-17(13-16(15)2)22-21(28)23-20(27)14-24-9-11-25(12-10-24)18-5-7-19(26)8-6-18/h3-8,13,26H,9-12,14H2,1-2H3,(H2,22,23,27,28). The number of phenolic OH excluding ortho intramolecular Hbond substituents is 1. The molecule has 7 nitrogen and oxygen atoms in total. The van der Waals surface area contributed by atoms with E-state index in [9.17, 15) is 14.7 Å². The van der Waals surface area contributed by atoms with Crippen molar-refractivity contribution in [1.82, 2.24) is 10.2 Å². The first-order chi connectivity index (χ1) is 13.4. The maximum Gasteiger partial charge on any atom is 0.325 e. The highest BCUT2D eigenvalue weighted by atomic mass is 16.3. The molecule has 1 heterocycles. The van der Waals surface area contributed by atoms with Crippen molar-refractivity contribution >= 4 is 23.3 Å². The van der Waals surface area contributed by atoms with E-state index >= 15 is 0 Å². The Morgan fingerprint density at radius 3 is 2.29 bits per heavy atom. The van der Waals surface area contributed by atoms with Crippen LogP contribution in [0.2, 0.25) is 0 Å². The SMILES string of the molecule is Cc1ccc(NC(=O)NC(=O)CN2CCN(c3ccc(O)cc3)CC2)cc1C. The number of rotatable bonds is 4. The van der Waals surface area contributed by atoms with E-state index in [1.54, 1.807) is 12.1 Å². The molecule has 0 aliphatic carbocycles. The van der Waals surface area contributed by atoms with Gasteiger partial charge in [-0.3, -0.25) is 15.0 Å². The van der Waals surface area contributed by atoms with Gasteiger partial charge < -0.3 is 15.3 Å². The van der Waals surface area contributed by atoms with E-state index in [1.165, 1.54) is 0 Å². The summed E-state index contributed by atoms with van der Waals surface area (Å²) < 4.78 is 0. The molecule has 3 N–H and O–H groups in total. The van der Waals surface area contributed by atoms with Gasteiger partial charge in [-0.2, -0.15) is 0 Å². The Bertz CT molecular complexity index is 843. The number of aromatic hydroxyl groups is 1. The van der Waals surface area contributed by atoms with Crippen LogP contribution in [0.3, 0.4) is 0 Å². The Hall–Kier alpha value is -3.06. The third-order valence-corrected chi connectivity index (χ3v) is 4.97. The van der Waals surface area contributed by atoms with Crippen molar-refractivity contribution in [3.63, 3.8) is 0 Å². The normalized spacial score (nSPS) is 14.6. The van der Waals surface area contributed by atoms with Crippen LogP contribution in [0.5, 0.6) is 5.75 Å². The first-order valence-electron chi connectivity index (χ1n) is 9.35. The number of anilines is 2. The number of phenols is 1. The van der Waals surface area contributed by atoms with Crippen LogP contribution in [0.4, 0.5) is 16.2 Å². The van der Waals surface area contributed by atoms with Crippen LogP contribution < -0.4 is 15.5 Å². The number of amides is 3. The zero-order valence-corrected chi connectivity index (χ0v) is 16.2. The fraction of sp³-hybridized carbons (Fsp3) is 0.333. The Morgan fingerprint density at radius 1 is 0.964 bits per heavy atom. The van der Waals surface area contributed by atoms with Gasteiger partial charge in [-0.1, -0.05) is 6.07 Å². The molecule has 0 saturated carbocycles. The number of nitrogens with one attached hydrogen (secondary N) is 2. The second-order valence-corrected chi connectivity index (χ2v) is 7.08. The van der Waals surface area contributed by atoms with Crippen molar-refractivity contribution in [3.05, 3.63) is 53.6 Å². The van der Waals surface area contributed by atoms with E-state index in [0.29, 0.717) is 5.69 Å². The maximum absolute atomic E-state index is 12.2. The molecule has 2 aromatic carbocycles. The molecule has 2 aromatic rings. The molecule has 1 saturated heterocycles. The first kappa shape index (κ1) is 19.7. The number of urea groups is 1. The number of hydrogen-bond donors (Lipinski definition) is 3. The highest BCUT2D eigenvalue weighted by molar-refractivity contribution is 6.01. The van der Waals surface area contributed by atoms with Crippen LogP contribution in [-0.2, 0) is 4.79 Å². The van der Waals surface area contributed by atoms with Gasteiger partial charge in [-0.15, -0.1) is 0 Å². The van der Waals surface area contributed by atoms with Crippen molar-refractivity contribution < 1.29 is 14.7 Å². The molecular formula is C21H26N4O3. The molecule has 7 heteroatoms. The van der Waals surface area contributed by atoms with Gasteiger partial charge in [0.15, 0.2) is 0 Å². The molecule has 3 amide bonds. The fourth-order valence-electron chi connectivity index (χ4n) is 3.18. The topological polar surface area (TPSA) is 84.9 Å². The van der Waals surface area contributed by atoms with E-state index in [2.05, 4.69) is 15.5 Å². The molecule has 0 atom stereocenters. The zero-order chi connectivity index (χ0) is 20.1. The molecule has 0 spiro atoms. The van der Waals surface area contributed by atoms with E-state index in [1.807, 2.05) is 49.1 Å². The maximum atomic E-state index is 12.2. The molecule has 28 heavy (non-hydrogen) atoms. The summed E-state index contributed by atoms with van der Waals surface area (Å²) >= 11 is 0. The minimum atomic E-state index is -0.518. The third kappa shape index (κ3) is 5.23. The molecule has 0 bridgehead atoms. The molecule has 0 aromatic heterocycles. The lowest BCUT2D eigenvalue weighted by Crippen LogP contribution is -2.50. The molecular weight excluding hydrogens is 356 g/mol. The van der Waals surface area contributed by atoms with Gasteiger partial charge in [0.05, 0.1) is 6.54 Å². The lowest BCUT2D eigenvalue weighted by Gasteiger charge is -2.35. The van der Waals surface area contributed by atoms with Gasteiger partial charge in [0.25, 0.3) is 0 Å². The van der Waals surface area contributed by atoms with Crippen molar-refractivity contribution in [2.75, 3.05) is 42.9 Å². The number of piperazine rings is 1. The summed E-state index contributed by atoms with van der Waals surface area (Å²) in [7, 11) is 0. The van der Waals surface area contributed by atoms with Crippen LogP contribution in [0.1, 0.15) is 11.1 Å². The van der Waals surface area contributed by atoms with Gasteiger partial charge in [-0.25, -0.2) is 4.79 Å². The number of benzene rings is 2. The lowest BCUT2D eigenvalue weighted by molar-refractivity contribution is -0.121. The van der Waals surface area contributed by atoms with Gasteiger partial charge in [0.2, 0.25) is 5.91 Å². The van der Waals surface area contributed by atoms with E-state index in [-0.39, 0.29) is 18.2 Å². The number of aryl methyl sites for hydroxylation is 2. The minimum Gasteiger partial charge on any atom is -0.508 e. The number of carbonyl (C=O) groups is 2. The summed E-state index contributed by atoms with van der Waals surface area (Å²) in [5.74, 6) is -0.0717. The highest BCUT2D eigenvalue weighted by Gasteiger charge is 2.20. The van der Waals surface area contributed by atoms with Gasteiger partial charge in [0.1, 0.15) is 5.75 Å². The van der Waals surface area contributed by atoms with Crippen molar-refractivity contribution in [1.29, 1.82) is 0 Å². The molecule has 148 valence electrons. The smallest absolute Gasteiger partial charge is 0.325 e. The van der Waals surface area contributed by atoms with Gasteiger partial charge in [0, 0.05) is 37.6 Å². The molecule has 0 unspecified atom stereocenters. The van der Waals surface area contributed by atoms with Crippen LogP contribution in [0, 0.1) is 13.8 Å². The van der Waals surface area contributed by atoms with Crippen molar-refractivity contribution in [2.24, 2.45) is 0 Å². The average Bonchev–Trinajstić information content (AvgIpc) is 2.66. The van der Waals surface area contributed by atoms with Crippen LogP contribution >= 0.6 is 0 Å². The second kappa shape index (κ2) is 8.75. The summed E-state index contributed by atoms with van der Waals surface area (Å²) in [5, 5.41) is 14.5. The molecule has 3 rings (SSSR count). The lowest BCUT2D eigenvalue weighted by atomic mass is 10.1. The number of hydrogen-bond acceptors (Lipinski definition) is 5. The Balaban J connectivity index is 1.43. The molecule has 1 fully saturated rings. The summed E-state index contributed by atoms with van der Waals surface area (Å²) in [6.45, 7) is 7.19. The number of carbonyl (C=O) groups excluding carboxylic acids is 2. The summed E-state index contributed by atoms with van der Waals surface area (Å²) in [6.07, 6.45) is 0. The Labute approximate surface area is 165 Å². The van der Waals surface area contributed by atoms with E-state index in [4.69, 9.17) is 0 Å². The Kier molecular flexibility index (Phi) is 6.16. The summed E-state index contributed by atoms with van der Waals surface area (Å²) in [6, 6.07) is 12.2. The van der Waals surface area contributed by atoms with Crippen LogP contribution in [-0.4, -0.2) is 54.7 Å². The first-order valence-corrected chi connectivity index (χ1v) is 9.35. The predicted octanol–water partition coefficient (Wildman–Crippen LogP) is 2.48. The average molecular weight is 382 g/mol. The van der Waals surface area contributed by atoms with Gasteiger partial charge >= 0.3 is 6.03 Å². The minimum absolute atomic E-state index is 0.184. The quantitative estimate of drug-likeness (QED) is 0.757. The largest absolute Gasteiger partial charge is 0.508 e. The second-order valence-electron chi connectivity index (χ2n) is 7.08. The molecule has 1 aliphatic heterocycles. The van der Waals surface area contributed by atoms with E-state index < -0.39 is 6.03 Å². The monoisotopic (exact) mass is 382 g/mol. The zero-order valence-electron chi connectivity index (χ0n) is 16.2. The molecule has 1 aliphatic rings. The van der Waals surface area contributed by atoms with Crippen LogP contribution in [0.15, 0.2) is 42.5 Å². The predicted molar refractivity (Wildman–Crippen MR) is 110 cm³/mol. The fourth-order valence-corrected chi connectivity index (χ4v) is 3.18. The number of imide groups is 1. The van der Waals surface area contributed by atoms with Crippen molar-refractivity contribution in [3.8, 4) is 5.75 Å². The summed E-state index contributed by atoms with van der Waals surface area (Å²) in [5.41, 5.74) is 3.94. The summed E-state index contributed by atoms with van der Waals surface area (Å²) in [4.78, 5) is 28.4. The van der Waals surface area contributed by atoms with Crippen LogP contribution in [0.25, 0.3) is 0 Å². The van der Waals surface area contributed by atoms with Gasteiger partial charge in [-0.05, 0) is 61.4 Å². The van der Waals surface area contributed by atoms with Crippen molar-refractivity contribution in [2.45, 2.75) is 13.8 Å². The Morgan fingerprint density at radius 2 is 1.64 bits per heavy atom. The molecule has 0 radical (unpaired) electrons. The highest BCUT2D eigenvalue weighted by Crippen LogP contribution is 2.19.